The fraction of sp³-hybridized carbons (Fsp3) is 0.273. The van der Waals surface area contributed by atoms with Gasteiger partial charge in [-0.15, -0.1) is 5.10 Å². The second-order valence-electron chi connectivity index (χ2n) is 4.12. The van der Waals surface area contributed by atoms with Gasteiger partial charge in [0.15, 0.2) is 0 Å². The second-order valence-corrected chi connectivity index (χ2v) is 4.12. The van der Waals surface area contributed by atoms with Crippen molar-refractivity contribution in [1.29, 1.82) is 0 Å². The first kappa shape index (κ1) is 12.2. The van der Waals surface area contributed by atoms with Crippen LogP contribution in [0.2, 0.25) is 0 Å². The van der Waals surface area contributed by atoms with Gasteiger partial charge in [-0.3, -0.25) is 10.1 Å². The third-order valence-corrected chi connectivity index (χ3v) is 2.58. The highest BCUT2D eigenvalue weighted by Gasteiger charge is 2.31. The molecule has 0 radical (unpaired) electrons. The molecule has 2 rings (SSSR count). The maximum atomic E-state index is 12.1. The third kappa shape index (κ3) is 2.35. The first-order valence-corrected chi connectivity index (χ1v) is 5.40. The van der Waals surface area contributed by atoms with E-state index in [1.165, 1.54) is 4.80 Å². The highest BCUT2D eigenvalue weighted by Crippen LogP contribution is 2.18. The quantitative estimate of drug-likeness (QED) is 0.795. The van der Waals surface area contributed by atoms with Gasteiger partial charge in [-0.2, -0.15) is 4.80 Å². The SMILES string of the molecule is Cn1nnc(NC(=O)C(C)(N)c2ccccc2)n1. The smallest absolute Gasteiger partial charge is 0.270 e. The number of carbonyl (C=O) groups excluding carboxylic acids is 1. The van der Waals surface area contributed by atoms with Gasteiger partial charge in [0, 0.05) is 0 Å². The maximum absolute atomic E-state index is 12.1. The molecular weight excluding hydrogens is 232 g/mol. The van der Waals surface area contributed by atoms with Crippen molar-refractivity contribution in [2.24, 2.45) is 12.8 Å². The van der Waals surface area contributed by atoms with E-state index >= 15 is 0 Å². The molecule has 3 N–H and O–H groups in total. The molecule has 0 saturated heterocycles. The van der Waals surface area contributed by atoms with Crippen molar-refractivity contribution in [3.8, 4) is 0 Å². The Kier molecular flexibility index (Phi) is 3.07. The summed E-state index contributed by atoms with van der Waals surface area (Å²) in [6.45, 7) is 1.63. The fourth-order valence-electron chi connectivity index (χ4n) is 1.48. The van der Waals surface area contributed by atoms with Gasteiger partial charge in [-0.1, -0.05) is 35.4 Å². The standard InChI is InChI=1S/C11H14N6O/c1-11(12,8-6-4-3-5-7-8)9(18)13-10-14-16-17(2)15-10/h3-7H,12H2,1-2H3,(H,13,15,18). The monoisotopic (exact) mass is 246 g/mol. The van der Waals surface area contributed by atoms with E-state index in [9.17, 15) is 4.79 Å². The van der Waals surface area contributed by atoms with Crippen LogP contribution in [0.1, 0.15) is 12.5 Å². The summed E-state index contributed by atoms with van der Waals surface area (Å²) in [5, 5.41) is 13.7. The molecule has 0 saturated carbocycles. The van der Waals surface area contributed by atoms with Crippen LogP contribution in [0.4, 0.5) is 5.95 Å². The number of hydrogen-bond acceptors (Lipinski definition) is 5. The van der Waals surface area contributed by atoms with Crippen LogP contribution in [0, 0.1) is 0 Å². The fourth-order valence-corrected chi connectivity index (χ4v) is 1.48. The molecule has 1 aromatic carbocycles. The Hall–Kier alpha value is -2.28. The lowest BCUT2D eigenvalue weighted by atomic mass is 9.92. The van der Waals surface area contributed by atoms with Crippen LogP contribution in [0.25, 0.3) is 0 Å². The predicted octanol–water partition coefficient (Wildman–Crippen LogP) is 0.0227. The molecule has 2 aromatic rings. The topological polar surface area (TPSA) is 98.7 Å². The van der Waals surface area contributed by atoms with Gasteiger partial charge in [0.1, 0.15) is 5.54 Å². The van der Waals surface area contributed by atoms with Crippen molar-refractivity contribution >= 4 is 11.9 Å². The Balaban J connectivity index is 2.18. The van der Waals surface area contributed by atoms with Gasteiger partial charge in [-0.05, 0) is 17.7 Å². The van der Waals surface area contributed by atoms with Crippen LogP contribution < -0.4 is 11.1 Å². The van der Waals surface area contributed by atoms with Crippen LogP contribution in [0.15, 0.2) is 30.3 Å². The number of nitrogens with zero attached hydrogens (tertiary/aromatic N) is 4. The molecule has 18 heavy (non-hydrogen) atoms. The number of benzene rings is 1. The molecule has 0 spiro atoms. The molecule has 94 valence electrons. The zero-order chi connectivity index (χ0) is 13.2. The summed E-state index contributed by atoms with van der Waals surface area (Å²) < 4.78 is 0. The number of nitrogens with two attached hydrogens (primary N) is 1. The number of carbonyl (C=O) groups is 1. The van der Waals surface area contributed by atoms with Gasteiger partial charge in [-0.25, -0.2) is 0 Å². The molecule has 0 aliphatic rings. The Bertz CT molecular complexity index is 548. The summed E-state index contributed by atoms with van der Waals surface area (Å²) in [6, 6.07) is 9.11. The number of tetrazole rings is 1. The molecule has 1 unspecified atom stereocenters. The minimum absolute atomic E-state index is 0.134. The molecule has 7 nitrogen and oxygen atoms in total. The minimum atomic E-state index is -1.15. The van der Waals surface area contributed by atoms with E-state index in [4.69, 9.17) is 5.73 Å². The van der Waals surface area contributed by atoms with Gasteiger partial charge in [0.25, 0.3) is 11.9 Å². The first-order valence-electron chi connectivity index (χ1n) is 5.40. The molecule has 1 heterocycles. The number of aryl methyl sites for hydroxylation is 1. The summed E-state index contributed by atoms with van der Waals surface area (Å²) >= 11 is 0. The number of aromatic nitrogens is 4. The van der Waals surface area contributed by atoms with Gasteiger partial charge < -0.3 is 5.73 Å². The van der Waals surface area contributed by atoms with E-state index < -0.39 is 5.54 Å². The summed E-state index contributed by atoms with van der Waals surface area (Å²) in [7, 11) is 1.61. The molecule has 1 amide bonds. The number of rotatable bonds is 3. The average molecular weight is 246 g/mol. The number of nitrogens with one attached hydrogen (secondary N) is 1. The van der Waals surface area contributed by atoms with Crippen molar-refractivity contribution in [2.45, 2.75) is 12.5 Å². The van der Waals surface area contributed by atoms with Crippen molar-refractivity contribution in [1.82, 2.24) is 20.2 Å². The van der Waals surface area contributed by atoms with Crippen LogP contribution in [-0.2, 0) is 17.4 Å². The van der Waals surface area contributed by atoms with Crippen molar-refractivity contribution in [3.63, 3.8) is 0 Å². The molecular formula is C11H14N6O. The molecule has 0 aliphatic heterocycles. The average Bonchev–Trinajstić information content (AvgIpc) is 2.76. The van der Waals surface area contributed by atoms with Crippen LogP contribution in [-0.4, -0.2) is 26.1 Å². The van der Waals surface area contributed by atoms with Crippen LogP contribution in [0.5, 0.6) is 0 Å². The molecule has 0 fully saturated rings. The Morgan fingerprint density at radius 2 is 2.06 bits per heavy atom. The molecule has 0 bridgehead atoms. The minimum Gasteiger partial charge on any atom is -0.314 e. The van der Waals surface area contributed by atoms with E-state index in [1.54, 1.807) is 26.1 Å². The van der Waals surface area contributed by atoms with Gasteiger partial charge >= 0.3 is 0 Å². The summed E-state index contributed by atoms with van der Waals surface area (Å²) in [5.41, 5.74) is 5.60. The first-order chi connectivity index (χ1) is 8.50. The molecule has 0 aliphatic carbocycles. The predicted molar refractivity (Wildman–Crippen MR) is 65.4 cm³/mol. The van der Waals surface area contributed by atoms with Crippen molar-refractivity contribution in [3.05, 3.63) is 35.9 Å². The lowest BCUT2D eigenvalue weighted by Gasteiger charge is -2.22. The highest BCUT2D eigenvalue weighted by atomic mass is 16.2. The zero-order valence-corrected chi connectivity index (χ0v) is 10.2. The van der Waals surface area contributed by atoms with E-state index in [2.05, 4.69) is 20.7 Å². The largest absolute Gasteiger partial charge is 0.314 e. The normalized spacial score (nSPS) is 13.9. The maximum Gasteiger partial charge on any atom is 0.270 e. The summed E-state index contributed by atoms with van der Waals surface area (Å²) in [4.78, 5) is 13.3. The lowest BCUT2D eigenvalue weighted by Crippen LogP contribution is -2.45. The summed E-state index contributed by atoms with van der Waals surface area (Å²) in [5.74, 6) is -0.253. The van der Waals surface area contributed by atoms with Gasteiger partial charge in [0.2, 0.25) is 0 Å². The van der Waals surface area contributed by atoms with E-state index in [0.29, 0.717) is 5.56 Å². The molecule has 1 atom stereocenters. The van der Waals surface area contributed by atoms with Crippen LogP contribution in [0.3, 0.4) is 0 Å². The van der Waals surface area contributed by atoms with E-state index in [0.717, 1.165) is 0 Å². The third-order valence-electron chi connectivity index (χ3n) is 2.58. The summed E-state index contributed by atoms with van der Waals surface area (Å²) in [6.07, 6.45) is 0. The number of amides is 1. The molecule has 1 aromatic heterocycles. The van der Waals surface area contributed by atoms with E-state index in [1.807, 2.05) is 18.2 Å². The Labute approximate surface area is 104 Å². The number of anilines is 1. The zero-order valence-electron chi connectivity index (χ0n) is 10.2. The van der Waals surface area contributed by atoms with Gasteiger partial charge in [0.05, 0.1) is 7.05 Å². The molecule has 7 heteroatoms. The number of hydrogen-bond donors (Lipinski definition) is 2. The Morgan fingerprint density at radius 3 is 2.61 bits per heavy atom. The lowest BCUT2D eigenvalue weighted by molar-refractivity contribution is -0.120. The highest BCUT2D eigenvalue weighted by molar-refractivity contribution is 5.97. The van der Waals surface area contributed by atoms with Crippen molar-refractivity contribution in [2.75, 3.05) is 5.32 Å². The van der Waals surface area contributed by atoms with Crippen LogP contribution >= 0.6 is 0 Å². The second kappa shape index (κ2) is 4.53. The van der Waals surface area contributed by atoms with Crippen molar-refractivity contribution < 1.29 is 4.79 Å². The van der Waals surface area contributed by atoms with E-state index in [-0.39, 0.29) is 11.9 Å². The Morgan fingerprint density at radius 1 is 1.39 bits per heavy atom.